The van der Waals surface area contributed by atoms with Crippen LogP contribution in [0.4, 0.5) is 0 Å². The van der Waals surface area contributed by atoms with E-state index in [4.69, 9.17) is 9.94 Å². The molecular weight excluding hydrogens is 336 g/mol. The molecule has 0 radical (unpaired) electrons. The van der Waals surface area contributed by atoms with Crippen molar-refractivity contribution in [3.63, 3.8) is 0 Å². The van der Waals surface area contributed by atoms with Gasteiger partial charge in [-0.3, -0.25) is 14.8 Å². The van der Waals surface area contributed by atoms with E-state index in [1.165, 1.54) is 17.6 Å². The molecule has 0 aromatic heterocycles. The lowest BCUT2D eigenvalue weighted by atomic mass is 9.96. The van der Waals surface area contributed by atoms with Crippen LogP contribution < -0.4 is 5.48 Å². The first-order valence-electron chi connectivity index (χ1n) is 8.76. The summed E-state index contributed by atoms with van der Waals surface area (Å²) in [4.78, 5) is 26.2. The van der Waals surface area contributed by atoms with Gasteiger partial charge in [-0.2, -0.15) is 0 Å². The number of aromatic hydroxyl groups is 1. The summed E-state index contributed by atoms with van der Waals surface area (Å²) in [5, 5.41) is 19.0. The van der Waals surface area contributed by atoms with Gasteiger partial charge in [0.25, 0.3) is 5.91 Å². The molecule has 1 heterocycles. The highest BCUT2D eigenvalue weighted by Crippen LogP contribution is 2.31. The van der Waals surface area contributed by atoms with Crippen LogP contribution in [0.3, 0.4) is 0 Å². The van der Waals surface area contributed by atoms with Gasteiger partial charge in [0.2, 0.25) is 5.91 Å². The predicted molar refractivity (Wildman–Crippen MR) is 95.8 cm³/mol. The average molecular weight is 362 g/mol. The van der Waals surface area contributed by atoms with E-state index in [1.807, 2.05) is 26.0 Å². The Morgan fingerprint density at radius 2 is 2.08 bits per heavy atom. The van der Waals surface area contributed by atoms with Gasteiger partial charge in [-0.15, -0.1) is 0 Å². The zero-order valence-corrected chi connectivity index (χ0v) is 15.1. The van der Waals surface area contributed by atoms with Gasteiger partial charge in [0.15, 0.2) is 0 Å². The number of phenols is 1. The Labute approximate surface area is 153 Å². The van der Waals surface area contributed by atoms with E-state index >= 15 is 0 Å². The van der Waals surface area contributed by atoms with Crippen LogP contribution in [0, 0.1) is 5.92 Å². The van der Waals surface area contributed by atoms with E-state index in [9.17, 15) is 14.7 Å². The minimum absolute atomic E-state index is 0.0375. The lowest BCUT2D eigenvalue weighted by molar-refractivity contribution is -0.140. The third kappa shape index (κ3) is 4.62. The molecule has 0 spiro atoms. The van der Waals surface area contributed by atoms with Crippen molar-refractivity contribution in [3.8, 4) is 5.75 Å². The van der Waals surface area contributed by atoms with Crippen LogP contribution in [0.25, 0.3) is 0 Å². The number of hydrogen-bond donors (Lipinski definition) is 3. The van der Waals surface area contributed by atoms with E-state index in [0.29, 0.717) is 38.2 Å². The molecule has 1 atom stereocenters. The topological polar surface area (TPSA) is 99.1 Å². The maximum atomic E-state index is 13.0. The number of hydroxylamine groups is 1. The molecule has 1 unspecified atom stereocenters. The summed E-state index contributed by atoms with van der Waals surface area (Å²) in [7, 11) is 0. The standard InChI is InChI=1S/C19H26N2O5/c1-3-4-9-21(19(24)14-7-10-26-11-8-14)13(2)16-6-5-15(12-17(16)22)18(23)20-25/h3-6,12-14,22,25H,7-11H2,1-2H3,(H,20,23)/b4-3-. The lowest BCUT2D eigenvalue weighted by Crippen LogP contribution is -2.40. The van der Waals surface area contributed by atoms with Gasteiger partial charge in [0.05, 0.1) is 6.04 Å². The minimum atomic E-state index is -0.705. The van der Waals surface area contributed by atoms with Gasteiger partial charge >= 0.3 is 0 Å². The molecule has 2 amide bonds. The molecule has 0 aliphatic carbocycles. The maximum absolute atomic E-state index is 13.0. The number of carbonyl (C=O) groups is 2. The van der Waals surface area contributed by atoms with Gasteiger partial charge in [-0.05, 0) is 38.8 Å². The third-order valence-electron chi connectivity index (χ3n) is 4.70. The third-order valence-corrected chi connectivity index (χ3v) is 4.70. The van der Waals surface area contributed by atoms with Crippen molar-refractivity contribution in [2.45, 2.75) is 32.7 Å². The number of nitrogens with zero attached hydrogens (tertiary/aromatic N) is 1. The molecule has 26 heavy (non-hydrogen) atoms. The largest absolute Gasteiger partial charge is 0.508 e. The number of nitrogens with one attached hydrogen (secondary N) is 1. The molecule has 0 saturated carbocycles. The minimum Gasteiger partial charge on any atom is -0.508 e. The number of phenolic OH excluding ortho intramolecular Hbond substituents is 1. The number of hydrogen-bond acceptors (Lipinski definition) is 5. The molecule has 3 N–H and O–H groups in total. The first kappa shape index (κ1) is 19.9. The van der Waals surface area contributed by atoms with Gasteiger partial charge in [0.1, 0.15) is 5.75 Å². The first-order chi connectivity index (χ1) is 12.5. The fourth-order valence-electron chi connectivity index (χ4n) is 3.11. The Morgan fingerprint density at radius 3 is 2.65 bits per heavy atom. The molecule has 1 saturated heterocycles. The van der Waals surface area contributed by atoms with Crippen molar-refractivity contribution >= 4 is 11.8 Å². The summed E-state index contributed by atoms with van der Waals surface area (Å²) < 4.78 is 5.34. The molecule has 2 rings (SSSR count). The second kappa shape index (κ2) is 9.35. The number of rotatable bonds is 6. The molecular formula is C19H26N2O5. The van der Waals surface area contributed by atoms with Crippen molar-refractivity contribution < 1.29 is 24.6 Å². The molecule has 1 aromatic carbocycles. The van der Waals surface area contributed by atoms with Gasteiger partial charge in [0, 0.05) is 36.8 Å². The van der Waals surface area contributed by atoms with Gasteiger partial charge in [-0.1, -0.05) is 18.2 Å². The van der Waals surface area contributed by atoms with Crippen molar-refractivity contribution in [1.29, 1.82) is 0 Å². The van der Waals surface area contributed by atoms with Crippen LogP contribution in [-0.2, 0) is 9.53 Å². The number of carbonyl (C=O) groups excluding carboxylic acids is 2. The van der Waals surface area contributed by atoms with E-state index in [2.05, 4.69) is 0 Å². The quantitative estimate of drug-likeness (QED) is 0.410. The predicted octanol–water partition coefficient (Wildman–Crippen LogP) is 2.40. The Kier molecular flexibility index (Phi) is 7.17. The molecule has 7 nitrogen and oxygen atoms in total. The summed E-state index contributed by atoms with van der Waals surface area (Å²) in [5.41, 5.74) is 2.22. The smallest absolute Gasteiger partial charge is 0.274 e. The van der Waals surface area contributed by atoms with E-state index in [0.717, 1.165) is 0 Å². The van der Waals surface area contributed by atoms with Crippen LogP contribution in [0.2, 0.25) is 0 Å². The maximum Gasteiger partial charge on any atom is 0.274 e. The Balaban J connectivity index is 2.26. The molecule has 1 aromatic rings. The number of ether oxygens (including phenoxy) is 1. The van der Waals surface area contributed by atoms with Gasteiger partial charge < -0.3 is 14.7 Å². The normalized spacial score (nSPS) is 16.4. The number of allylic oxidation sites excluding steroid dienone is 1. The van der Waals surface area contributed by atoms with Crippen LogP contribution >= 0.6 is 0 Å². The first-order valence-corrected chi connectivity index (χ1v) is 8.76. The highest BCUT2D eigenvalue weighted by Gasteiger charge is 2.30. The summed E-state index contributed by atoms with van der Waals surface area (Å²) >= 11 is 0. The second-order valence-electron chi connectivity index (χ2n) is 6.34. The zero-order chi connectivity index (χ0) is 19.1. The van der Waals surface area contributed by atoms with Crippen molar-refractivity contribution in [2.75, 3.05) is 19.8 Å². The monoisotopic (exact) mass is 362 g/mol. The SMILES string of the molecule is C/C=C\CN(C(=O)C1CCOCC1)C(C)c1ccc(C(=O)NO)cc1O. The van der Waals surface area contributed by atoms with Crippen molar-refractivity contribution in [1.82, 2.24) is 10.4 Å². The molecule has 1 aliphatic heterocycles. The number of benzene rings is 1. The Bertz CT molecular complexity index is 668. The van der Waals surface area contributed by atoms with Crippen molar-refractivity contribution in [2.24, 2.45) is 5.92 Å². The fraction of sp³-hybridized carbons (Fsp3) is 0.474. The molecule has 7 heteroatoms. The highest BCUT2D eigenvalue weighted by molar-refractivity contribution is 5.93. The van der Waals surface area contributed by atoms with E-state index < -0.39 is 5.91 Å². The summed E-state index contributed by atoms with van der Waals surface area (Å²) in [6.45, 7) is 5.34. The molecule has 1 fully saturated rings. The van der Waals surface area contributed by atoms with E-state index in [1.54, 1.807) is 11.0 Å². The summed E-state index contributed by atoms with van der Waals surface area (Å²) in [6, 6.07) is 4.02. The van der Waals surface area contributed by atoms with Crippen LogP contribution in [0.15, 0.2) is 30.4 Å². The molecule has 142 valence electrons. The summed E-state index contributed by atoms with van der Waals surface area (Å²) in [6.07, 6.45) is 5.17. The molecule has 0 bridgehead atoms. The Morgan fingerprint density at radius 1 is 1.38 bits per heavy atom. The van der Waals surface area contributed by atoms with E-state index in [-0.39, 0.29) is 29.2 Å². The molecule has 1 aliphatic rings. The summed E-state index contributed by atoms with van der Waals surface area (Å²) in [5.74, 6) is -0.846. The zero-order valence-electron chi connectivity index (χ0n) is 15.1. The van der Waals surface area contributed by atoms with Crippen LogP contribution in [-0.4, -0.2) is 46.8 Å². The highest BCUT2D eigenvalue weighted by atomic mass is 16.5. The Hall–Kier alpha value is -2.38. The average Bonchev–Trinajstić information content (AvgIpc) is 2.67. The van der Waals surface area contributed by atoms with Crippen LogP contribution in [0.5, 0.6) is 5.75 Å². The fourth-order valence-corrected chi connectivity index (χ4v) is 3.11. The lowest BCUT2D eigenvalue weighted by Gasteiger charge is -2.33. The number of amides is 2. The van der Waals surface area contributed by atoms with Gasteiger partial charge in [-0.25, -0.2) is 5.48 Å². The van der Waals surface area contributed by atoms with Crippen molar-refractivity contribution in [3.05, 3.63) is 41.5 Å². The second-order valence-corrected chi connectivity index (χ2v) is 6.34. The van der Waals surface area contributed by atoms with Crippen LogP contribution in [0.1, 0.15) is 48.7 Å².